The topological polar surface area (TPSA) is 70.2 Å². The third-order valence-electron chi connectivity index (χ3n) is 2.46. The SMILES string of the molecule is O=C(CNCC(=O)NC1CC1)NC1CC1. The molecule has 0 heterocycles. The molecule has 0 aromatic rings. The maximum atomic E-state index is 11.2. The van der Waals surface area contributed by atoms with Crippen LogP contribution in [0, 0.1) is 0 Å². The molecule has 0 bridgehead atoms. The number of amides is 2. The molecular formula is C10H17N3O2. The molecule has 0 saturated heterocycles. The maximum Gasteiger partial charge on any atom is 0.234 e. The molecule has 2 aliphatic carbocycles. The third kappa shape index (κ3) is 4.29. The Balaban J connectivity index is 1.48. The van der Waals surface area contributed by atoms with Crippen LogP contribution in [0.4, 0.5) is 0 Å². The molecule has 0 aromatic heterocycles. The standard InChI is InChI=1S/C10H17N3O2/c14-9(12-7-1-2-7)5-11-6-10(15)13-8-3-4-8/h7-8,11H,1-6H2,(H,12,14)(H,13,15). The molecule has 2 saturated carbocycles. The minimum absolute atomic E-state index is 0.0169. The van der Waals surface area contributed by atoms with Crippen molar-refractivity contribution in [2.45, 2.75) is 37.8 Å². The van der Waals surface area contributed by atoms with Crippen molar-refractivity contribution in [3.63, 3.8) is 0 Å². The van der Waals surface area contributed by atoms with Gasteiger partial charge in [0.15, 0.2) is 0 Å². The minimum atomic E-state index is -0.0169. The van der Waals surface area contributed by atoms with Crippen molar-refractivity contribution in [3.05, 3.63) is 0 Å². The Morgan fingerprint density at radius 2 is 1.27 bits per heavy atom. The van der Waals surface area contributed by atoms with Gasteiger partial charge in [-0.15, -0.1) is 0 Å². The van der Waals surface area contributed by atoms with Crippen molar-refractivity contribution < 1.29 is 9.59 Å². The van der Waals surface area contributed by atoms with Gasteiger partial charge in [-0.25, -0.2) is 0 Å². The average molecular weight is 211 g/mol. The summed E-state index contributed by atoms with van der Waals surface area (Å²) in [6.45, 7) is 0.461. The zero-order valence-electron chi connectivity index (χ0n) is 8.71. The molecule has 0 aliphatic heterocycles. The monoisotopic (exact) mass is 211 g/mol. The molecule has 0 atom stereocenters. The van der Waals surface area contributed by atoms with Crippen LogP contribution in [0.3, 0.4) is 0 Å². The fourth-order valence-electron chi connectivity index (χ4n) is 1.30. The highest BCUT2D eigenvalue weighted by Crippen LogP contribution is 2.18. The predicted molar refractivity (Wildman–Crippen MR) is 55.2 cm³/mol. The highest BCUT2D eigenvalue weighted by molar-refractivity contribution is 5.81. The van der Waals surface area contributed by atoms with Crippen LogP contribution in [-0.4, -0.2) is 37.0 Å². The number of carbonyl (C=O) groups is 2. The average Bonchev–Trinajstić information content (AvgIpc) is 2.99. The van der Waals surface area contributed by atoms with E-state index in [0.717, 1.165) is 25.7 Å². The smallest absolute Gasteiger partial charge is 0.234 e. The molecule has 0 unspecified atom stereocenters. The van der Waals surface area contributed by atoms with Gasteiger partial charge in [-0.1, -0.05) is 0 Å². The number of hydrogen-bond acceptors (Lipinski definition) is 3. The summed E-state index contributed by atoms with van der Waals surface area (Å²) in [4.78, 5) is 22.4. The van der Waals surface area contributed by atoms with Gasteiger partial charge in [-0.2, -0.15) is 0 Å². The number of carbonyl (C=O) groups excluding carboxylic acids is 2. The summed E-state index contributed by atoms with van der Waals surface area (Å²) in [7, 11) is 0. The molecule has 2 rings (SSSR count). The Hall–Kier alpha value is -1.10. The van der Waals surface area contributed by atoms with Gasteiger partial charge in [0.05, 0.1) is 13.1 Å². The van der Waals surface area contributed by atoms with Gasteiger partial charge in [-0.3, -0.25) is 14.9 Å². The zero-order valence-corrected chi connectivity index (χ0v) is 8.71. The molecule has 2 aliphatic rings. The maximum absolute atomic E-state index is 11.2. The Kier molecular flexibility index (Phi) is 3.20. The van der Waals surface area contributed by atoms with E-state index in [0.29, 0.717) is 12.1 Å². The van der Waals surface area contributed by atoms with Gasteiger partial charge < -0.3 is 10.6 Å². The molecule has 15 heavy (non-hydrogen) atoms. The molecule has 0 radical (unpaired) electrons. The Morgan fingerprint density at radius 3 is 1.60 bits per heavy atom. The van der Waals surface area contributed by atoms with Crippen molar-refractivity contribution in [2.75, 3.05) is 13.1 Å². The van der Waals surface area contributed by atoms with Crippen LogP contribution < -0.4 is 16.0 Å². The van der Waals surface area contributed by atoms with Crippen LogP contribution in [0.25, 0.3) is 0 Å². The van der Waals surface area contributed by atoms with Gasteiger partial charge in [0.1, 0.15) is 0 Å². The van der Waals surface area contributed by atoms with E-state index in [9.17, 15) is 9.59 Å². The number of hydrogen-bond donors (Lipinski definition) is 3. The van der Waals surface area contributed by atoms with Gasteiger partial charge >= 0.3 is 0 Å². The van der Waals surface area contributed by atoms with Gasteiger partial charge in [0.25, 0.3) is 0 Å². The Labute approximate surface area is 89.0 Å². The lowest BCUT2D eigenvalue weighted by atomic mass is 10.5. The first-order valence-corrected chi connectivity index (χ1v) is 5.53. The zero-order chi connectivity index (χ0) is 10.7. The number of rotatable bonds is 6. The van der Waals surface area contributed by atoms with Crippen LogP contribution in [0.15, 0.2) is 0 Å². The highest BCUT2D eigenvalue weighted by atomic mass is 16.2. The number of nitrogens with one attached hydrogen (secondary N) is 3. The molecule has 2 amide bonds. The van der Waals surface area contributed by atoms with Crippen molar-refractivity contribution in [2.24, 2.45) is 0 Å². The second-order valence-corrected chi connectivity index (χ2v) is 4.29. The van der Waals surface area contributed by atoms with Crippen LogP contribution in [0.5, 0.6) is 0 Å². The van der Waals surface area contributed by atoms with Crippen molar-refractivity contribution in [1.82, 2.24) is 16.0 Å². The molecule has 5 nitrogen and oxygen atoms in total. The first-order chi connectivity index (χ1) is 7.24. The molecule has 0 aromatic carbocycles. The third-order valence-corrected chi connectivity index (χ3v) is 2.46. The first kappa shape index (κ1) is 10.4. The van der Waals surface area contributed by atoms with Crippen molar-refractivity contribution in [3.8, 4) is 0 Å². The minimum Gasteiger partial charge on any atom is -0.352 e. The summed E-state index contributed by atoms with van der Waals surface area (Å²) in [5.74, 6) is -0.0338. The Bertz CT molecular complexity index is 233. The van der Waals surface area contributed by atoms with E-state index >= 15 is 0 Å². The summed E-state index contributed by atoms with van der Waals surface area (Å²) >= 11 is 0. The Morgan fingerprint density at radius 1 is 0.867 bits per heavy atom. The van der Waals surface area contributed by atoms with E-state index in [1.165, 1.54) is 0 Å². The van der Waals surface area contributed by atoms with E-state index in [2.05, 4.69) is 16.0 Å². The summed E-state index contributed by atoms with van der Waals surface area (Å²) in [6, 6.07) is 0.777. The normalized spacial score (nSPS) is 19.7. The lowest BCUT2D eigenvalue weighted by Gasteiger charge is -2.05. The lowest BCUT2D eigenvalue weighted by molar-refractivity contribution is -0.121. The van der Waals surface area contributed by atoms with Crippen molar-refractivity contribution >= 4 is 11.8 Å². The first-order valence-electron chi connectivity index (χ1n) is 5.53. The second kappa shape index (κ2) is 4.61. The fourth-order valence-corrected chi connectivity index (χ4v) is 1.30. The van der Waals surface area contributed by atoms with Gasteiger partial charge in [-0.05, 0) is 25.7 Å². The highest BCUT2D eigenvalue weighted by Gasteiger charge is 2.24. The fraction of sp³-hybridized carbons (Fsp3) is 0.800. The largest absolute Gasteiger partial charge is 0.352 e. The van der Waals surface area contributed by atoms with Crippen LogP contribution in [0.2, 0.25) is 0 Å². The molecule has 84 valence electrons. The molecule has 3 N–H and O–H groups in total. The van der Waals surface area contributed by atoms with E-state index in [1.807, 2.05) is 0 Å². The van der Waals surface area contributed by atoms with Crippen LogP contribution in [-0.2, 0) is 9.59 Å². The van der Waals surface area contributed by atoms with Gasteiger partial charge in [0.2, 0.25) is 11.8 Å². The molecule has 0 spiro atoms. The summed E-state index contributed by atoms with van der Waals surface area (Å²) in [6.07, 6.45) is 4.36. The molecular weight excluding hydrogens is 194 g/mol. The van der Waals surface area contributed by atoms with E-state index < -0.39 is 0 Å². The van der Waals surface area contributed by atoms with E-state index in [4.69, 9.17) is 0 Å². The van der Waals surface area contributed by atoms with Crippen molar-refractivity contribution in [1.29, 1.82) is 0 Å². The second-order valence-electron chi connectivity index (χ2n) is 4.29. The predicted octanol–water partition coefficient (Wildman–Crippen LogP) is -0.867. The summed E-state index contributed by atoms with van der Waals surface area (Å²) in [5, 5.41) is 8.52. The van der Waals surface area contributed by atoms with Crippen LogP contribution in [0.1, 0.15) is 25.7 Å². The van der Waals surface area contributed by atoms with Gasteiger partial charge in [0, 0.05) is 12.1 Å². The molecule has 2 fully saturated rings. The molecule has 5 heteroatoms. The summed E-state index contributed by atoms with van der Waals surface area (Å²) < 4.78 is 0. The van der Waals surface area contributed by atoms with E-state index in [1.54, 1.807) is 0 Å². The summed E-state index contributed by atoms with van der Waals surface area (Å²) in [5.41, 5.74) is 0. The quantitative estimate of drug-likeness (QED) is 0.535. The van der Waals surface area contributed by atoms with E-state index in [-0.39, 0.29) is 24.9 Å². The lowest BCUT2D eigenvalue weighted by Crippen LogP contribution is -2.40. The van der Waals surface area contributed by atoms with Crippen LogP contribution >= 0.6 is 0 Å².